The summed E-state index contributed by atoms with van der Waals surface area (Å²) in [6.45, 7) is 5.95. The van der Waals surface area contributed by atoms with Crippen molar-refractivity contribution in [2.45, 2.75) is 20.8 Å². The van der Waals surface area contributed by atoms with Crippen LogP contribution in [0.5, 0.6) is 5.75 Å². The van der Waals surface area contributed by atoms with Gasteiger partial charge in [0.1, 0.15) is 11.5 Å². The summed E-state index contributed by atoms with van der Waals surface area (Å²) in [5.41, 5.74) is 8.13. The van der Waals surface area contributed by atoms with Gasteiger partial charge in [0.05, 0.1) is 29.6 Å². The third-order valence-electron chi connectivity index (χ3n) is 5.46. The molecule has 29 heavy (non-hydrogen) atoms. The van der Waals surface area contributed by atoms with Crippen molar-refractivity contribution >= 4 is 21.8 Å². The third-order valence-corrected chi connectivity index (χ3v) is 5.46. The van der Waals surface area contributed by atoms with Crippen LogP contribution in [0.2, 0.25) is 0 Å². The van der Waals surface area contributed by atoms with Crippen molar-refractivity contribution in [1.82, 2.24) is 15.1 Å². The van der Waals surface area contributed by atoms with Gasteiger partial charge in [-0.15, -0.1) is 0 Å². The number of fused-ring (bicyclic) bond motifs is 3. The molecule has 5 heteroatoms. The molecule has 0 atom stereocenters. The number of aromatic nitrogens is 3. The summed E-state index contributed by atoms with van der Waals surface area (Å²) < 4.78 is 11.1. The molecule has 0 radical (unpaired) electrons. The maximum atomic E-state index is 5.76. The minimum Gasteiger partial charge on any atom is -0.496 e. The van der Waals surface area contributed by atoms with Crippen LogP contribution < -0.4 is 4.74 Å². The first-order valence-electron chi connectivity index (χ1n) is 9.55. The van der Waals surface area contributed by atoms with Crippen molar-refractivity contribution in [1.29, 1.82) is 0 Å². The zero-order valence-electron chi connectivity index (χ0n) is 16.8. The Bertz CT molecular complexity index is 1340. The quantitative estimate of drug-likeness (QED) is 0.417. The summed E-state index contributed by atoms with van der Waals surface area (Å²) in [4.78, 5) is 8.24. The molecule has 0 amide bonds. The zero-order chi connectivity index (χ0) is 20.1. The first-order chi connectivity index (χ1) is 14.1. The van der Waals surface area contributed by atoms with E-state index < -0.39 is 0 Å². The molecule has 1 N–H and O–H groups in total. The van der Waals surface area contributed by atoms with Gasteiger partial charge in [0.2, 0.25) is 0 Å². The van der Waals surface area contributed by atoms with Crippen LogP contribution in [0.25, 0.3) is 44.2 Å². The van der Waals surface area contributed by atoms with Crippen LogP contribution in [0.3, 0.4) is 0 Å². The standard InChI is InChI=1S/C24H21N3O2/c1-13-5-7-16(8-6-13)24-23-17-12-21(28-4)18(22-14(2)27-29-15(22)3)11-20(17)26-19(23)9-10-25-24/h5-12,26H,1-4H3. The molecule has 0 aliphatic carbocycles. The number of H-pyrrole nitrogens is 1. The van der Waals surface area contributed by atoms with E-state index in [0.29, 0.717) is 0 Å². The van der Waals surface area contributed by atoms with Gasteiger partial charge in [0, 0.05) is 33.6 Å². The van der Waals surface area contributed by atoms with Gasteiger partial charge in [0.15, 0.2) is 0 Å². The first kappa shape index (κ1) is 17.5. The van der Waals surface area contributed by atoms with Crippen LogP contribution >= 0.6 is 0 Å². The predicted molar refractivity (Wildman–Crippen MR) is 115 cm³/mol. The van der Waals surface area contributed by atoms with Crippen LogP contribution in [0.1, 0.15) is 17.0 Å². The third kappa shape index (κ3) is 2.70. The van der Waals surface area contributed by atoms with Gasteiger partial charge in [-0.25, -0.2) is 0 Å². The van der Waals surface area contributed by atoms with Crippen LogP contribution in [0.15, 0.2) is 53.2 Å². The van der Waals surface area contributed by atoms with Crippen molar-refractivity contribution in [3.63, 3.8) is 0 Å². The van der Waals surface area contributed by atoms with Crippen molar-refractivity contribution in [2.75, 3.05) is 7.11 Å². The lowest BCUT2D eigenvalue weighted by Crippen LogP contribution is -1.90. The lowest BCUT2D eigenvalue weighted by Gasteiger charge is -2.09. The Balaban J connectivity index is 1.82. The smallest absolute Gasteiger partial charge is 0.141 e. The van der Waals surface area contributed by atoms with Crippen LogP contribution in [-0.4, -0.2) is 22.2 Å². The number of hydrogen-bond acceptors (Lipinski definition) is 4. The topological polar surface area (TPSA) is 63.9 Å². The van der Waals surface area contributed by atoms with Gasteiger partial charge in [0.25, 0.3) is 0 Å². The van der Waals surface area contributed by atoms with Gasteiger partial charge < -0.3 is 14.2 Å². The molecule has 3 aromatic heterocycles. The summed E-state index contributed by atoms with van der Waals surface area (Å²) >= 11 is 0. The van der Waals surface area contributed by atoms with Gasteiger partial charge in [-0.1, -0.05) is 35.0 Å². The van der Waals surface area contributed by atoms with E-state index in [9.17, 15) is 0 Å². The molecular weight excluding hydrogens is 362 g/mol. The minimum absolute atomic E-state index is 0.776. The predicted octanol–water partition coefficient (Wildman–Crippen LogP) is 5.97. The van der Waals surface area contributed by atoms with Gasteiger partial charge in [-0.05, 0) is 39.0 Å². The molecule has 0 aliphatic rings. The molecule has 144 valence electrons. The highest BCUT2D eigenvalue weighted by Crippen LogP contribution is 2.41. The molecule has 0 bridgehead atoms. The summed E-state index contributed by atoms with van der Waals surface area (Å²) in [6, 6.07) is 14.7. The second-order valence-electron chi connectivity index (χ2n) is 7.37. The summed E-state index contributed by atoms with van der Waals surface area (Å²) in [5.74, 6) is 1.56. The highest BCUT2D eigenvalue weighted by atomic mass is 16.5. The van der Waals surface area contributed by atoms with Crippen LogP contribution in [0, 0.1) is 20.8 Å². The fraction of sp³-hybridized carbons (Fsp3) is 0.167. The summed E-state index contributed by atoms with van der Waals surface area (Å²) in [6.07, 6.45) is 1.85. The SMILES string of the molecule is COc1cc2c(cc1-c1c(C)noc1C)[nH]c1ccnc(-c3ccc(C)cc3)c12. The first-order valence-corrected chi connectivity index (χ1v) is 9.55. The average molecular weight is 383 g/mol. The highest BCUT2D eigenvalue weighted by Gasteiger charge is 2.19. The largest absolute Gasteiger partial charge is 0.496 e. The highest BCUT2D eigenvalue weighted by molar-refractivity contribution is 6.14. The molecule has 5 nitrogen and oxygen atoms in total. The van der Waals surface area contributed by atoms with Gasteiger partial charge >= 0.3 is 0 Å². The lowest BCUT2D eigenvalue weighted by molar-refractivity contribution is 0.393. The molecule has 0 unspecified atom stereocenters. The van der Waals surface area contributed by atoms with E-state index in [4.69, 9.17) is 14.2 Å². The fourth-order valence-electron chi connectivity index (χ4n) is 4.04. The normalized spacial score (nSPS) is 11.4. The van der Waals surface area contributed by atoms with Crippen LogP contribution in [-0.2, 0) is 0 Å². The fourth-order valence-corrected chi connectivity index (χ4v) is 4.04. The molecule has 0 fully saturated rings. The number of ether oxygens (including phenoxy) is 1. The number of methoxy groups -OCH3 is 1. The number of aromatic amines is 1. The number of nitrogens with zero attached hydrogens (tertiary/aromatic N) is 2. The maximum Gasteiger partial charge on any atom is 0.141 e. The van der Waals surface area contributed by atoms with Crippen molar-refractivity contribution in [2.24, 2.45) is 0 Å². The van der Waals surface area contributed by atoms with E-state index in [1.54, 1.807) is 7.11 Å². The molecule has 0 saturated heterocycles. The molecule has 3 heterocycles. The average Bonchev–Trinajstić information content (AvgIpc) is 3.26. The van der Waals surface area contributed by atoms with Crippen molar-refractivity contribution in [3.8, 4) is 28.1 Å². The number of nitrogens with one attached hydrogen (secondary N) is 1. The molecule has 0 spiro atoms. The maximum absolute atomic E-state index is 5.76. The second-order valence-corrected chi connectivity index (χ2v) is 7.37. The molecule has 5 aromatic rings. The Hall–Kier alpha value is -3.60. The Morgan fingerprint density at radius 1 is 0.966 bits per heavy atom. The van der Waals surface area contributed by atoms with Crippen molar-refractivity contribution in [3.05, 3.63) is 65.7 Å². The van der Waals surface area contributed by atoms with E-state index in [0.717, 1.165) is 61.4 Å². The molecule has 0 aliphatic heterocycles. The molecule has 0 saturated carbocycles. The Kier molecular flexibility index (Phi) is 3.91. The Labute approximate surface area is 168 Å². The Morgan fingerprint density at radius 2 is 1.76 bits per heavy atom. The zero-order valence-corrected chi connectivity index (χ0v) is 16.8. The Morgan fingerprint density at radius 3 is 2.45 bits per heavy atom. The van der Waals surface area contributed by atoms with Crippen LogP contribution in [0.4, 0.5) is 0 Å². The van der Waals surface area contributed by atoms with E-state index >= 15 is 0 Å². The lowest BCUT2D eigenvalue weighted by atomic mass is 9.99. The second kappa shape index (κ2) is 6.48. The number of benzene rings is 2. The number of hydrogen-bond donors (Lipinski definition) is 1. The monoisotopic (exact) mass is 383 g/mol. The number of pyridine rings is 1. The number of rotatable bonds is 3. The van der Waals surface area contributed by atoms with E-state index in [2.05, 4.69) is 53.5 Å². The van der Waals surface area contributed by atoms with Crippen molar-refractivity contribution < 1.29 is 9.26 Å². The minimum atomic E-state index is 0.776. The molecule has 5 rings (SSSR count). The molecular formula is C24H21N3O2. The van der Waals surface area contributed by atoms with Gasteiger partial charge in [-0.3, -0.25) is 4.98 Å². The van der Waals surface area contributed by atoms with E-state index in [1.165, 1.54) is 5.56 Å². The van der Waals surface area contributed by atoms with E-state index in [-0.39, 0.29) is 0 Å². The summed E-state index contributed by atoms with van der Waals surface area (Å²) in [5, 5.41) is 6.27. The molecule has 2 aromatic carbocycles. The van der Waals surface area contributed by atoms with Gasteiger partial charge in [-0.2, -0.15) is 0 Å². The number of aryl methyl sites for hydroxylation is 3. The summed E-state index contributed by atoms with van der Waals surface area (Å²) in [7, 11) is 1.69. The van der Waals surface area contributed by atoms with E-state index in [1.807, 2.05) is 26.1 Å².